The van der Waals surface area contributed by atoms with Crippen molar-refractivity contribution in [2.75, 3.05) is 0 Å². The maximum absolute atomic E-state index is 13.1. The summed E-state index contributed by atoms with van der Waals surface area (Å²) in [5.74, 6) is 0. The third-order valence-corrected chi connectivity index (χ3v) is 5.70. The van der Waals surface area contributed by atoms with Gasteiger partial charge in [0, 0.05) is 5.30 Å². The van der Waals surface area contributed by atoms with Crippen LogP contribution in [0.25, 0.3) is 0 Å². The molecular formula is C7H9FO5P2. The van der Waals surface area contributed by atoms with E-state index < -0.39 is 20.6 Å². The fraction of sp³-hybridized carbons (Fsp3) is 0.143. The summed E-state index contributed by atoms with van der Waals surface area (Å²) in [5, 5.41) is -0.319. The van der Waals surface area contributed by atoms with Crippen molar-refractivity contribution in [2.45, 2.75) is 5.65 Å². The SMILES string of the molecule is O=P(O)(O)[C@@H](F)P(=O)(O)c1ccccc1. The molecule has 0 aliphatic rings. The van der Waals surface area contributed by atoms with Gasteiger partial charge >= 0.3 is 7.60 Å². The van der Waals surface area contributed by atoms with Crippen LogP contribution in [0.1, 0.15) is 0 Å². The Kier molecular flexibility index (Phi) is 3.48. The molecule has 0 bridgehead atoms. The van der Waals surface area contributed by atoms with Crippen LogP contribution in [0.4, 0.5) is 4.39 Å². The summed E-state index contributed by atoms with van der Waals surface area (Å²) in [5.41, 5.74) is -3.08. The van der Waals surface area contributed by atoms with Gasteiger partial charge < -0.3 is 14.7 Å². The Hall–Kier alpha value is -0.510. The van der Waals surface area contributed by atoms with Crippen LogP contribution in [-0.2, 0) is 9.13 Å². The number of hydrogen-bond acceptors (Lipinski definition) is 2. The van der Waals surface area contributed by atoms with Gasteiger partial charge in [-0.3, -0.25) is 9.13 Å². The Labute approximate surface area is 85.2 Å². The Morgan fingerprint density at radius 1 is 1.07 bits per heavy atom. The third kappa shape index (κ3) is 2.74. The van der Waals surface area contributed by atoms with Gasteiger partial charge in [0.1, 0.15) is 0 Å². The second kappa shape index (κ2) is 4.16. The van der Waals surface area contributed by atoms with Crippen molar-refractivity contribution in [3.05, 3.63) is 30.3 Å². The summed E-state index contributed by atoms with van der Waals surface area (Å²) >= 11 is 0. The van der Waals surface area contributed by atoms with Gasteiger partial charge in [-0.2, -0.15) is 0 Å². The van der Waals surface area contributed by atoms with Crippen molar-refractivity contribution in [1.82, 2.24) is 0 Å². The molecule has 1 aromatic carbocycles. The van der Waals surface area contributed by atoms with Crippen LogP contribution in [0, 0.1) is 0 Å². The molecule has 84 valence electrons. The van der Waals surface area contributed by atoms with Gasteiger partial charge in [0.25, 0.3) is 13.0 Å². The molecule has 0 aliphatic carbocycles. The Morgan fingerprint density at radius 2 is 1.53 bits per heavy atom. The van der Waals surface area contributed by atoms with Crippen molar-refractivity contribution < 1.29 is 28.2 Å². The first-order chi connectivity index (χ1) is 6.76. The van der Waals surface area contributed by atoms with Gasteiger partial charge in [-0.05, 0) is 12.1 Å². The van der Waals surface area contributed by atoms with Gasteiger partial charge in [0.05, 0.1) is 0 Å². The van der Waals surface area contributed by atoms with Gasteiger partial charge in [0.2, 0.25) is 0 Å². The number of halogens is 1. The van der Waals surface area contributed by atoms with E-state index in [1.54, 1.807) is 0 Å². The lowest BCUT2D eigenvalue weighted by Crippen LogP contribution is -2.13. The van der Waals surface area contributed by atoms with Gasteiger partial charge in [0.15, 0.2) is 0 Å². The standard InChI is InChI=1S/C7H9FO5P2/c8-7(15(11,12)13)14(9,10)6-4-2-1-3-5-6/h1-5,7H,(H,9,10)(H2,11,12,13)/t7-/m0/s1. The van der Waals surface area contributed by atoms with Crippen molar-refractivity contribution in [1.29, 1.82) is 0 Å². The van der Waals surface area contributed by atoms with Gasteiger partial charge in [-0.25, -0.2) is 4.39 Å². The Bertz CT molecular complexity index is 428. The molecule has 0 aromatic heterocycles. The van der Waals surface area contributed by atoms with Crippen LogP contribution in [0.3, 0.4) is 0 Å². The van der Waals surface area contributed by atoms with E-state index in [9.17, 15) is 18.4 Å². The first-order valence-corrected chi connectivity index (χ1v) is 7.24. The number of alkyl halides is 1. The highest BCUT2D eigenvalue weighted by Gasteiger charge is 2.45. The largest absolute Gasteiger partial charge is 0.369 e. The van der Waals surface area contributed by atoms with E-state index in [0.717, 1.165) is 12.1 Å². The van der Waals surface area contributed by atoms with E-state index in [0.29, 0.717) is 0 Å². The predicted molar refractivity (Wildman–Crippen MR) is 52.8 cm³/mol. The fourth-order valence-corrected chi connectivity index (χ4v) is 3.84. The maximum atomic E-state index is 13.1. The molecule has 0 aliphatic heterocycles. The number of rotatable bonds is 3. The second-order valence-corrected chi connectivity index (χ2v) is 7.11. The minimum Gasteiger partial charge on any atom is -0.339 e. The zero-order valence-corrected chi connectivity index (χ0v) is 9.18. The maximum Gasteiger partial charge on any atom is 0.369 e. The molecule has 1 unspecified atom stereocenters. The quantitative estimate of drug-likeness (QED) is 0.700. The van der Waals surface area contributed by atoms with Crippen molar-refractivity contribution in [3.63, 3.8) is 0 Å². The van der Waals surface area contributed by atoms with Crippen molar-refractivity contribution >= 4 is 20.3 Å². The van der Waals surface area contributed by atoms with E-state index in [1.807, 2.05) is 0 Å². The smallest absolute Gasteiger partial charge is 0.339 e. The summed E-state index contributed by atoms with van der Waals surface area (Å²) in [6.07, 6.45) is 0. The molecule has 0 heterocycles. The average molecular weight is 254 g/mol. The summed E-state index contributed by atoms with van der Waals surface area (Å²) in [7, 11) is -9.91. The fourth-order valence-electron chi connectivity index (χ4n) is 0.968. The normalized spacial score (nSPS) is 18.1. The van der Waals surface area contributed by atoms with E-state index in [-0.39, 0.29) is 5.30 Å². The highest BCUT2D eigenvalue weighted by atomic mass is 31.2. The summed E-state index contributed by atoms with van der Waals surface area (Å²) in [4.78, 5) is 26.3. The van der Waals surface area contributed by atoms with E-state index in [4.69, 9.17) is 9.79 Å². The number of benzene rings is 1. The molecule has 0 radical (unpaired) electrons. The summed E-state index contributed by atoms with van der Waals surface area (Å²) in [6, 6.07) is 6.58. The lowest BCUT2D eigenvalue weighted by Gasteiger charge is -2.16. The average Bonchev–Trinajstić information content (AvgIpc) is 2.16. The molecule has 5 nitrogen and oxygen atoms in total. The molecule has 15 heavy (non-hydrogen) atoms. The minimum atomic E-state index is -5.22. The van der Waals surface area contributed by atoms with Crippen LogP contribution in [0.15, 0.2) is 30.3 Å². The lowest BCUT2D eigenvalue weighted by atomic mass is 10.4. The Morgan fingerprint density at radius 3 is 1.93 bits per heavy atom. The first-order valence-electron chi connectivity index (χ1n) is 3.83. The lowest BCUT2D eigenvalue weighted by molar-refractivity contribution is 0.323. The molecule has 0 fully saturated rings. The Balaban J connectivity index is 3.15. The predicted octanol–water partition coefficient (Wildman–Crippen LogP) is 1.01. The second-order valence-electron chi connectivity index (χ2n) is 2.86. The highest BCUT2D eigenvalue weighted by Crippen LogP contribution is 2.62. The third-order valence-electron chi connectivity index (χ3n) is 1.69. The zero-order chi connectivity index (χ0) is 11.7. The molecule has 2 atom stereocenters. The zero-order valence-electron chi connectivity index (χ0n) is 7.39. The van der Waals surface area contributed by atoms with Crippen LogP contribution < -0.4 is 5.30 Å². The topological polar surface area (TPSA) is 94.8 Å². The van der Waals surface area contributed by atoms with E-state index >= 15 is 0 Å². The van der Waals surface area contributed by atoms with Gasteiger partial charge in [-0.15, -0.1) is 0 Å². The van der Waals surface area contributed by atoms with Crippen LogP contribution >= 0.6 is 15.0 Å². The molecule has 1 aromatic rings. The van der Waals surface area contributed by atoms with Gasteiger partial charge in [-0.1, -0.05) is 18.2 Å². The first kappa shape index (κ1) is 12.6. The molecular weight excluding hydrogens is 245 g/mol. The molecule has 0 amide bonds. The van der Waals surface area contributed by atoms with Crippen molar-refractivity contribution in [2.24, 2.45) is 0 Å². The van der Waals surface area contributed by atoms with Crippen LogP contribution in [0.2, 0.25) is 0 Å². The van der Waals surface area contributed by atoms with Crippen LogP contribution in [0.5, 0.6) is 0 Å². The number of hydrogen-bond donors (Lipinski definition) is 3. The van der Waals surface area contributed by atoms with Crippen LogP contribution in [-0.4, -0.2) is 20.3 Å². The monoisotopic (exact) mass is 254 g/mol. The molecule has 3 N–H and O–H groups in total. The molecule has 0 spiro atoms. The summed E-state index contributed by atoms with van der Waals surface area (Å²) in [6.45, 7) is 0. The highest BCUT2D eigenvalue weighted by molar-refractivity contribution is 7.78. The minimum absolute atomic E-state index is 0.319. The molecule has 0 saturated heterocycles. The molecule has 0 saturated carbocycles. The molecule has 8 heteroatoms. The summed E-state index contributed by atoms with van der Waals surface area (Å²) < 4.78 is 35.1. The van der Waals surface area contributed by atoms with Crippen molar-refractivity contribution in [3.8, 4) is 0 Å². The van der Waals surface area contributed by atoms with E-state index in [2.05, 4.69) is 0 Å². The molecule has 1 rings (SSSR count). The van der Waals surface area contributed by atoms with E-state index in [1.165, 1.54) is 18.2 Å².